The normalized spacial score (nSPS) is 17.4. The second-order valence-electron chi connectivity index (χ2n) is 4.76. The molecule has 17 heavy (non-hydrogen) atoms. The van der Waals surface area contributed by atoms with Crippen molar-refractivity contribution in [2.45, 2.75) is 39.0 Å². The molecule has 0 bridgehead atoms. The molecular weight excluding hydrogens is 220 g/mol. The van der Waals surface area contributed by atoms with Crippen LogP contribution in [0.15, 0.2) is 12.1 Å². The molecular formula is C14H19F2N. The van der Waals surface area contributed by atoms with Gasteiger partial charge in [0.2, 0.25) is 0 Å². The lowest BCUT2D eigenvalue weighted by atomic mass is 9.77. The monoisotopic (exact) mass is 239 g/mol. The average Bonchev–Trinajstić information content (AvgIpc) is 2.69. The number of rotatable bonds is 3. The summed E-state index contributed by atoms with van der Waals surface area (Å²) in [6, 6.07) is 2.95. The molecule has 1 aliphatic heterocycles. The SMILES string of the molecule is CCN1CC(CC)(CC)c2c1ccc(F)c2F. The largest absolute Gasteiger partial charge is 0.371 e. The third-order valence-electron chi connectivity index (χ3n) is 4.17. The Hall–Kier alpha value is -1.12. The van der Waals surface area contributed by atoms with Gasteiger partial charge in [0, 0.05) is 29.8 Å². The van der Waals surface area contributed by atoms with Crippen molar-refractivity contribution < 1.29 is 8.78 Å². The maximum Gasteiger partial charge on any atom is 0.164 e. The second kappa shape index (κ2) is 4.28. The topological polar surface area (TPSA) is 3.24 Å². The molecule has 0 aliphatic carbocycles. The molecule has 1 aliphatic rings. The Bertz CT molecular complexity index is 424. The molecule has 1 aromatic rings. The molecule has 0 atom stereocenters. The van der Waals surface area contributed by atoms with Crippen molar-refractivity contribution in [2.24, 2.45) is 0 Å². The first-order valence-corrected chi connectivity index (χ1v) is 6.33. The van der Waals surface area contributed by atoms with Gasteiger partial charge in [-0.15, -0.1) is 0 Å². The van der Waals surface area contributed by atoms with Crippen molar-refractivity contribution >= 4 is 5.69 Å². The summed E-state index contributed by atoms with van der Waals surface area (Å²) in [4.78, 5) is 2.14. The highest BCUT2D eigenvalue weighted by Gasteiger charge is 2.42. The highest BCUT2D eigenvalue weighted by Crippen LogP contribution is 2.46. The molecule has 0 saturated carbocycles. The lowest BCUT2D eigenvalue weighted by Crippen LogP contribution is -2.32. The van der Waals surface area contributed by atoms with E-state index in [4.69, 9.17) is 0 Å². The number of halogens is 2. The highest BCUT2D eigenvalue weighted by atomic mass is 19.2. The van der Waals surface area contributed by atoms with Crippen LogP contribution in [0, 0.1) is 11.6 Å². The van der Waals surface area contributed by atoms with Crippen LogP contribution in [0.5, 0.6) is 0 Å². The molecule has 1 nitrogen and oxygen atoms in total. The van der Waals surface area contributed by atoms with Gasteiger partial charge in [-0.2, -0.15) is 0 Å². The van der Waals surface area contributed by atoms with Gasteiger partial charge in [-0.25, -0.2) is 8.78 Å². The molecule has 0 fully saturated rings. The summed E-state index contributed by atoms with van der Waals surface area (Å²) in [6.45, 7) is 7.78. The maximum atomic E-state index is 14.1. The van der Waals surface area contributed by atoms with Crippen LogP contribution in [0.2, 0.25) is 0 Å². The minimum Gasteiger partial charge on any atom is -0.371 e. The minimum absolute atomic E-state index is 0.225. The second-order valence-corrected chi connectivity index (χ2v) is 4.76. The van der Waals surface area contributed by atoms with E-state index >= 15 is 0 Å². The van der Waals surface area contributed by atoms with Gasteiger partial charge in [0.05, 0.1) is 0 Å². The van der Waals surface area contributed by atoms with Gasteiger partial charge in [-0.1, -0.05) is 13.8 Å². The van der Waals surface area contributed by atoms with Gasteiger partial charge in [0.15, 0.2) is 11.6 Å². The van der Waals surface area contributed by atoms with Gasteiger partial charge in [-0.3, -0.25) is 0 Å². The molecule has 0 unspecified atom stereocenters. The van der Waals surface area contributed by atoms with Crippen LogP contribution in [0.25, 0.3) is 0 Å². The first-order valence-electron chi connectivity index (χ1n) is 6.33. The summed E-state index contributed by atoms with van der Waals surface area (Å²) >= 11 is 0. The van der Waals surface area contributed by atoms with Crippen molar-refractivity contribution in [3.63, 3.8) is 0 Å². The molecule has 0 saturated heterocycles. The van der Waals surface area contributed by atoms with E-state index in [2.05, 4.69) is 18.7 Å². The Balaban J connectivity index is 2.65. The summed E-state index contributed by atoms with van der Waals surface area (Å²) in [5.74, 6) is -1.38. The van der Waals surface area contributed by atoms with E-state index in [0.717, 1.165) is 31.6 Å². The van der Waals surface area contributed by atoms with E-state index in [1.807, 2.05) is 6.92 Å². The fourth-order valence-corrected chi connectivity index (χ4v) is 2.95. The maximum absolute atomic E-state index is 14.1. The molecule has 0 N–H and O–H groups in total. The van der Waals surface area contributed by atoms with Gasteiger partial charge >= 0.3 is 0 Å². The summed E-state index contributed by atoms with van der Waals surface area (Å²) < 4.78 is 27.5. The van der Waals surface area contributed by atoms with Crippen LogP contribution in [-0.4, -0.2) is 13.1 Å². The van der Waals surface area contributed by atoms with Gasteiger partial charge in [-0.05, 0) is 31.9 Å². The van der Waals surface area contributed by atoms with Crippen molar-refractivity contribution in [3.8, 4) is 0 Å². The van der Waals surface area contributed by atoms with E-state index in [1.54, 1.807) is 6.07 Å². The van der Waals surface area contributed by atoms with Crippen LogP contribution in [0.3, 0.4) is 0 Å². The fraction of sp³-hybridized carbons (Fsp3) is 0.571. The number of hydrogen-bond donors (Lipinski definition) is 0. The Morgan fingerprint density at radius 3 is 2.35 bits per heavy atom. The highest BCUT2D eigenvalue weighted by molar-refractivity contribution is 5.63. The number of anilines is 1. The van der Waals surface area contributed by atoms with Crippen LogP contribution >= 0.6 is 0 Å². The zero-order valence-electron chi connectivity index (χ0n) is 10.7. The van der Waals surface area contributed by atoms with E-state index in [9.17, 15) is 8.78 Å². The van der Waals surface area contributed by atoms with Crippen molar-refractivity contribution in [1.82, 2.24) is 0 Å². The summed E-state index contributed by atoms with van der Waals surface area (Å²) in [5.41, 5.74) is 1.23. The van der Waals surface area contributed by atoms with Gasteiger partial charge < -0.3 is 4.90 Å². The van der Waals surface area contributed by atoms with Crippen LogP contribution < -0.4 is 4.90 Å². The fourth-order valence-electron chi connectivity index (χ4n) is 2.95. The Morgan fingerprint density at radius 2 is 1.82 bits per heavy atom. The Kier molecular flexibility index (Phi) is 3.11. The standard InChI is InChI=1S/C14H19F2N/c1-4-14(5-2)9-17(6-3)11-8-7-10(15)13(16)12(11)14/h7-8H,4-6,9H2,1-3H3. The molecule has 3 heteroatoms. The quantitative estimate of drug-likeness (QED) is 0.774. The van der Waals surface area contributed by atoms with Crippen LogP contribution in [0.1, 0.15) is 39.2 Å². The summed E-state index contributed by atoms with van der Waals surface area (Å²) in [6.07, 6.45) is 1.68. The predicted molar refractivity (Wildman–Crippen MR) is 66.5 cm³/mol. The smallest absolute Gasteiger partial charge is 0.164 e. The number of fused-ring (bicyclic) bond motifs is 1. The first kappa shape index (κ1) is 12.3. The first-order chi connectivity index (χ1) is 8.09. The molecule has 0 aromatic heterocycles. The molecule has 0 radical (unpaired) electrons. The van der Waals surface area contributed by atoms with Gasteiger partial charge in [0.25, 0.3) is 0 Å². The molecule has 0 spiro atoms. The van der Waals surface area contributed by atoms with Crippen LogP contribution in [-0.2, 0) is 5.41 Å². The number of hydrogen-bond acceptors (Lipinski definition) is 1. The molecule has 1 aromatic carbocycles. The van der Waals surface area contributed by atoms with Crippen molar-refractivity contribution in [2.75, 3.05) is 18.0 Å². The Morgan fingerprint density at radius 1 is 1.18 bits per heavy atom. The lowest BCUT2D eigenvalue weighted by molar-refractivity contribution is 0.392. The number of likely N-dealkylation sites (N-methyl/N-ethyl adjacent to an activating group) is 1. The van der Waals surface area contributed by atoms with Crippen molar-refractivity contribution in [1.29, 1.82) is 0 Å². The summed E-state index contributed by atoms with van der Waals surface area (Å²) in [7, 11) is 0. The van der Waals surface area contributed by atoms with E-state index < -0.39 is 11.6 Å². The average molecular weight is 239 g/mol. The molecule has 2 rings (SSSR count). The lowest BCUT2D eigenvalue weighted by Gasteiger charge is -2.28. The molecule has 0 amide bonds. The molecule has 94 valence electrons. The Labute approximate surface area is 101 Å². The number of nitrogens with zero attached hydrogens (tertiary/aromatic N) is 1. The summed E-state index contributed by atoms with van der Waals surface area (Å²) in [5, 5.41) is 0. The van der Waals surface area contributed by atoms with Crippen LogP contribution in [0.4, 0.5) is 14.5 Å². The zero-order valence-corrected chi connectivity index (χ0v) is 10.7. The van der Waals surface area contributed by atoms with E-state index in [1.165, 1.54) is 6.07 Å². The van der Waals surface area contributed by atoms with Gasteiger partial charge in [0.1, 0.15) is 0 Å². The van der Waals surface area contributed by atoms with E-state index in [-0.39, 0.29) is 5.41 Å². The predicted octanol–water partition coefficient (Wildman–Crippen LogP) is 3.86. The molecule has 1 heterocycles. The third kappa shape index (κ3) is 1.63. The number of benzene rings is 1. The van der Waals surface area contributed by atoms with Crippen molar-refractivity contribution in [3.05, 3.63) is 29.3 Å². The van der Waals surface area contributed by atoms with E-state index in [0.29, 0.717) is 5.56 Å². The third-order valence-corrected chi connectivity index (χ3v) is 4.17. The zero-order chi connectivity index (χ0) is 12.6. The minimum atomic E-state index is -0.729.